The predicted molar refractivity (Wildman–Crippen MR) is 190 cm³/mol. The first-order chi connectivity index (χ1) is 23.8. The molecular weight excluding hydrogens is 615 g/mol. The Kier molecular flexibility index (Phi) is 9.21. The number of ether oxygens (including phenoxy) is 1. The third-order valence-corrected chi connectivity index (χ3v) is 10.0. The Balaban J connectivity index is 1.25. The monoisotopic (exact) mass is 654 g/mol. The normalized spacial score (nSPS) is 22.3. The number of pyridine rings is 1. The number of fused-ring (bicyclic) bond motifs is 3. The highest BCUT2D eigenvalue weighted by molar-refractivity contribution is 6.43. The van der Waals surface area contributed by atoms with Gasteiger partial charge in [0.25, 0.3) is 0 Å². The number of aromatic hydroxyl groups is 1. The van der Waals surface area contributed by atoms with Crippen molar-refractivity contribution in [3.63, 3.8) is 0 Å². The molecule has 2 amide bonds. The fraction of sp³-hybridized carbons (Fsp3) is 0.275. The summed E-state index contributed by atoms with van der Waals surface area (Å²) in [7, 11) is -1.09. The van der Waals surface area contributed by atoms with Crippen molar-refractivity contribution in [3.05, 3.63) is 131 Å². The fourth-order valence-corrected chi connectivity index (χ4v) is 7.80. The van der Waals surface area contributed by atoms with Crippen LogP contribution in [0.1, 0.15) is 41.6 Å². The molecule has 3 heterocycles. The molecule has 1 aliphatic carbocycles. The smallest absolute Gasteiger partial charge is 0.455 e. The Bertz CT molecular complexity index is 1890. The lowest BCUT2D eigenvalue weighted by Crippen LogP contribution is -2.46. The number of phenolic OH excluding ortho intramolecular Hbond substituents is 1. The van der Waals surface area contributed by atoms with Crippen LogP contribution in [-0.2, 0) is 14.2 Å². The van der Waals surface area contributed by atoms with Crippen molar-refractivity contribution in [3.8, 4) is 11.5 Å². The number of benzene rings is 3. The molecule has 7 rings (SSSR count). The molecule has 0 saturated carbocycles. The van der Waals surface area contributed by atoms with Crippen molar-refractivity contribution in [2.45, 2.75) is 45.5 Å². The Morgan fingerprint density at radius 1 is 0.959 bits per heavy atom. The summed E-state index contributed by atoms with van der Waals surface area (Å²) in [5.41, 5.74) is 6.78. The molecule has 0 unspecified atom stereocenters. The van der Waals surface area contributed by atoms with Crippen LogP contribution in [0.5, 0.6) is 11.5 Å². The zero-order valence-corrected chi connectivity index (χ0v) is 27.7. The van der Waals surface area contributed by atoms with Gasteiger partial charge in [-0.25, -0.2) is 0 Å². The third kappa shape index (κ3) is 6.56. The molecule has 3 aliphatic rings. The number of anilines is 1. The van der Waals surface area contributed by atoms with E-state index in [4.69, 9.17) is 9.39 Å². The van der Waals surface area contributed by atoms with Gasteiger partial charge in [-0.2, -0.15) is 0 Å². The van der Waals surface area contributed by atoms with Crippen LogP contribution in [0.15, 0.2) is 108 Å². The average molecular weight is 655 g/mol. The van der Waals surface area contributed by atoms with Gasteiger partial charge >= 0.3 is 7.12 Å². The van der Waals surface area contributed by atoms with Crippen LogP contribution in [-0.4, -0.2) is 46.8 Å². The quantitative estimate of drug-likeness (QED) is 0.116. The van der Waals surface area contributed by atoms with Gasteiger partial charge in [0.2, 0.25) is 11.8 Å². The summed E-state index contributed by atoms with van der Waals surface area (Å²) in [4.78, 5) is 34.0. The number of allylic oxidation sites excluding steroid dienone is 1. The first-order valence-electron chi connectivity index (χ1n) is 16.9. The number of hydrogen-bond donors (Lipinski definition) is 2. The van der Waals surface area contributed by atoms with E-state index in [1.165, 1.54) is 4.90 Å². The number of para-hydroxylation sites is 2. The number of nitrogens with zero attached hydrogens (tertiary/aromatic N) is 2. The van der Waals surface area contributed by atoms with E-state index in [1.54, 1.807) is 18.3 Å². The Hall–Kier alpha value is -4.99. The van der Waals surface area contributed by atoms with Gasteiger partial charge in [0.15, 0.2) is 0 Å². The summed E-state index contributed by atoms with van der Waals surface area (Å²) in [6.07, 6.45) is 5.01. The Morgan fingerprint density at radius 2 is 1.65 bits per heavy atom. The van der Waals surface area contributed by atoms with Crippen LogP contribution in [0.4, 0.5) is 5.69 Å². The molecule has 9 heteroatoms. The van der Waals surface area contributed by atoms with E-state index >= 15 is 0 Å². The molecule has 49 heavy (non-hydrogen) atoms. The number of aromatic nitrogens is 1. The summed E-state index contributed by atoms with van der Waals surface area (Å²) in [5, 5.41) is 21.5. The molecule has 2 saturated heterocycles. The van der Waals surface area contributed by atoms with Crippen molar-refractivity contribution in [2.75, 3.05) is 11.5 Å². The van der Waals surface area contributed by atoms with Gasteiger partial charge in [0.1, 0.15) is 18.1 Å². The lowest BCUT2D eigenvalue weighted by molar-refractivity contribution is -0.122. The molecule has 0 spiro atoms. The highest BCUT2D eigenvalue weighted by Gasteiger charge is 2.57. The van der Waals surface area contributed by atoms with Crippen molar-refractivity contribution in [1.82, 2.24) is 4.98 Å². The minimum absolute atomic E-state index is 0.213. The molecule has 2 aliphatic heterocycles. The van der Waals surface area contributed by atoms with Crippen molar-refractivity contribution >= 4 is 36.3 Å². The number of amides is 2. The minimum Gasteiger partial charge on any atom is -0.507 e. The van der Waals surface area contributed by atoms with Crippen LogP contribution in [0.2, 0.25) is 6.32 Å². The summed E-state index contributed by atoms with van der Waals surface area (Å²) in [6.45, 7) is 4.01. The Labute approximate surface area is 286 Å². The second-order valence-corrected chi connectivity index (χ2v) is 13.2. The SMILES string of the molecule is Cc1cc(/C=C(/CC[C@H]2OB(O)C[C@H]3C2=C(COc2ccccc2)C[C@H]2C(=O)N(c4ccccc4)C(=O)[C@H]23)c2ccccn2)cc(C)c1O. The van der Waals surface area contributed by atoms with Crippen molar-refractivity contribution < 1.29 is 29.1 Å². The van der Waals surface area contributed by atoms with Gasteiger partial charge in [-0.05, 0) is 133 Å². The lowest BCUT2D eigenvalue weighted by atomic mass is 9.58. The van der Waals surface area contributed by atoms with E-state index in [-0.39, 0.29) is 36.4 Å². The van der Waals surface area contributed by atoms with Crippen LogP contribution in [0.3, 0.4) is 0 Å². The number of carbonyl (C=O) groups excluding carboxylic acids is 2. The van der Waals surface area contributed by atoms with Gasteiger partial charge < -0.3 is 19.5 Å². The molecule has 248 valence electrons. The summed E-state index contributed by atoms with van der Waals surface area (Å²) >= 11 is 0. The maximum absolute atomic E-state index is 14.1. The molecule has 4 atom stereocenters. The van der Waals surface area contributed by atoms with E-state index < -0.39 is 25.1 Å². The zero-order chi connectivity index (χ0) is 34.1. The maximum atomic E-state index is 14.1. The van der Waals surface area contributed by atoms with Gasteiger partial charge in [0.05, 0.1) is 29.3 Å². The van der Waals surface area contributed by atoms with Crippen LogP contribution in [0.25, 0.3) is 11.6 Å². The topological polar surface area (TPSA) is 109 Å². The van der Waals surface area contributed by atoms with Gasteiger partial charge in [-0.1, -0.05) is 42.5 Å². The van der Waals surface area contributed by atoms with E-state index in [1.807, 2.05) is 92.7 Å². The highest BCUT2D eigenvalue weighted by Crippen LogP contribution is 2.51. The van der Waals surface area contributed by atoms with Gasteiger partial charge in [0, 0.05) is 6.20 Å². The largest absolute Gasteiger partial charge is 0.507 e. The molecule has 2 N–H and O–H groups in total. The van der Waals surface area contributed by atoms with Crippen molar-refractivity contribution in [1.29, 1.82) is 0 Å². The molecule has 1 aromatic heterocycles. The number of carbonyl (C=O) groups is 2. The summed E-state index contributed by atoms with van der Waals surface area (Å²) in [5.74, 6) is -0.976. The number of imide groups is 1. The number of rotatable bonds is 9. The molecule has 8 nitrogen and oxygen atoms in total. The molecule has 4 aromatic rings. The van der Waals surface area contributed by atoms with E-state index in [2.05, 4.69) is 11.1 Å². The standard InChI is InChI=1S/C40H39BN2O6/c1-25-19-27(20-26(2)38(25)44)21-28(34-15-9-10-18-42-34)16-17-35-36-29(24-48-31-13-7-4-8-14-31)22-32-37(33(36)23-41(47)49-35)40(46)43(39(32)45)30-11-5-3-6-12-30/h3-15,18-21,32-33,35,37,44,47H,16-17,22-24H2,1-2H3/b28-21-/t32-,33+,35-,37-/m1/s1. The maximum Gasteiger partial charge on any atom is 0.455 e. The number of aryl methyl sites for hydroxylation is 2. The first-order valence-corrected chi connectivity index (χ1v) is 16.9. The average Bonchev–Trinajstić information content (AvgIpc) is 3.37. The Morgan fingerprint density at radius 3 is 2.35 bits per heavy atom. The first kappa shape index (κ1) is 32.6. The summed E-state index contributed by atoms with van der Waals surface area (Å²) < 4.78 is 12.6. The highest BCUT2D eigenvalue weighted by atomic mass is 16.5. The fourth-order valence-electron chi connectivity index (χ4n) is 7.80. The zero-order valence-electron chi connectivity index (χ0n) is 27.7. The molecule has 0 radical (unpaired) electrons. The number of phenols is 1. The van der Waals surface area contributed by atoms with Gasteiger partial charge in [-0.15, -0.1) is 0 Å². The van der Waals surface area contributed by atoms with E-state index in [9.17, 15) is 19.7 Å². The van der Waals surface area contributed by atoms with E-state index in [0.717, 1.165) is 39.1 Å². The van der Waals surface area contributed by atoms with Crippen molar-refractivity contribution in [2.24, 2.45) is 17.8 Å². The van der Waals surface area contributed by atoms with Crippen LogP contribution < -0.4 is 9.64 Å². The van der Waals surface area contributed by atoms with Gasteiger partial charge in [-0.3, -0.25) is 19.5 Å². The minimum atomic E-state index is -1.09. The number of hydrogen-bond acceptors (Lipinski definition) is 7. The molecule has 3 aromatic carbocycles. The molecule has 0 bridgehead atoms. The summed E-state index contributed by atoms with van der Waals surface area (Å²) in [6, 6.07) is 28.3. The predicted octanol–water partition coefficient (Wildman–Crippen LogP) is 6.81. The third-order valence-electron chi connectivity index (χ3n) is 10.0. The second kappa shape index (κ2) is 13.9. The van der Waals surface area contributed by atoms with E-state index in [0.29, 0.717) is 30.7 Å². The second-order valence-electron chi connectivity index (χ2n) is 13.2. The molecule has 2 fully saturated rings. The van der Waals surface area contributed by atoms with Crippen LogP contribution in [0, 0.1) is 31.6 Å². The van der Waals surface area contributed by atoms with Crippen LogP contribution >= 0.6 is 0 Å². The molecular formula is C40H39BN2O6. The lowest BCUT2D eigenvalue weighted by Gasteiger charge is -2.43.